The molecule has 2 aliphatic heterocycles. The van der Waals surface area contributed by atoms with Gasteiger partial charge in [-0.1, -0.05) is 26.0 Å². The fourth-order valence-electron chi connectivity index (χ4n) is 3.56. The smallest absolute Gasteiger partial charge is 0.330 e. The predicted molar refractivity (Wildman–Crippen MR) is 108 cm³/mol. The number of benzene rings is 1. The molecular formula is C20H24FN3O5S. The van der Waals surface area contributed by atoms with E-state index in [-0.39, 0.29) is 24.1 Å². The van der Waals surface area contributed by atoms with E-state index in [0.717, 1.165) is 5.56 Å². The summed E-state index contributed by atoms with van der Waals surface area (Å²) in [6, 6.07) is 4.37. The fourth-order valence-corrected chi connectivity index (χ4v) is 5.20. The van der Waals surface area contributed by atoms with Gasteiger partial charge in [0.15, 0.2) is 6.61 Å². The Morgan fingerprint density at radius 3 is 2.67 bits per heavy atom. The van der Waals surface area contributed by atoms with Crippen molar-refractivity contribution in [3.8, 4) is 0 Å². The van der Waals surface area contributed by atoms with Gasteiger partial charge in [0.25, 0.3) is 5.91 Å². The van der Waals surface area contributed by atoms with Crippen LogP contribution in [0.25, 0.3) is 0 Å². The van der Waals surface area contributed by atoms with Crippen molar-refractivity contribution in [1.29, 1.82) is 0 Å². The normalized spacial score (nSPS) is 22.7. The van der Waals surface area contributed by atoms with Crippen LogP contribution in [-0.4, -0.2) is 53.7 Å². The molecule has 0 radical (unpaired) electrons. The first-order valence-electron chi connectivity index (χ1n) is 9.69. The second kappa shape index (κ2) is 9.03. The number of nitrogens with zero attached hydrogens (tertiary/aromatic N) is 1. The van der Waals surface area contributed by atoms with Crippen molar-refractivity contribution in [2.45, 2.75) is 37.6 Å². The number of rotatable bonds is 6. The number of amides is 4. The Hall–Kier alpha value is -2.62. The molecule has 162 valence electrons. The van der Waals surface area contributed by atoms with Gasteiger partial charge in [0.1, 0.15) is 16.7 Å². The average molecular weight is 437 g/mol. The number of hydrogen-bond donors (Lipinski definition) is 2. The lowest BCUT2D eigenvalue weighted by atomic mass is 10.0. The Bertz CT molecular complexity index is 847. The average Bonchev–Trinajstić information content (AvgIpc) is 3.24. The highest BCUT2D eigenvalue weighted by molar-refractivity contribution is 8.00. The van der Waals surface area contributed by atoms with Gasteiger partial charge in [-0.15, -0.1) is 11.8 Å². The van der Waals surface area contributed by atoms with Crippen molar-refractivity contribution in [3.05, 3.63) is 35.6 Å². The van der Waals surface area contributed by atoms with Crippen LogP contribution in [-0.2, 0) is 24.0 Å². The fraction of sp³-hybridized carbons (Fsp3) is 0.500. The van der Waals surface area contributed by atoms with Crippen molar-refractivity contribution in [2.24, 2.45) is 5.92 Å². The number of nitrogens with one attached hydrogen (secondary N) is 2. The highest BCUT2D eigenvalue weighted by Gasteiger charge is 2.57. The molecular weight excluding hydrogens is 413 g/mol. The maximum absolute atomic E-state index is 13.3. The summed E-state index contributed by atoms with van der Waals surface area (Å²) in [6.45, 7) is 3.60. The van der Waals surface area contributed by atoms with Crippen LogP contribution in [0.1, 0.15) is 32.3 Å². The number of hydrogen-bond acceptors (Lipinski definition) is 6. The van der Waals surface area contributed by atoms with E-state index in [4.69, 9.17) is 4.74 Å². The minimum absolute atomic E-state index is 0.191. The zero-order valence-electron chi connectivity index (χ0n) is 16.8. The van der Waals surface area contributed by atoms with Crippen LogP contribution in [0.3, 0.4) is 0 Å². The topological polar surface area (TPSA) is 105 Å². The highest BCUT2D eigenvalue weighted by Crippen LogP contribution is 2.54. The first kappa shape index (κ1) is 22.1. The highest BCUT2D eigenvalue weighted by atomic mass is 32.2. The number of carbonyl (C=O) groups is 4. The van der Waals surface area contributed by atoms with Crippen LogP contribution >= 0.6 is 11.8 Å². The molecule has 3 rings (SSSR count). The van der Waals surface area contributed by atoms with Gasteiger partial charge in [-0.25, -0.2) is 14.0 Å². The molecule has 0 bridgehead atoms. The third kappa shape index (κ3) is 4.58. The first-order valence-corrected chi connectivity index (χ1v) is 10.7. The zero-order valence-corrected chi connectivity index (χ0v) is 17.6. The number of carbonyl (C=O) groups excluding carboxylic acids is 4. The number of fused-ring (bicyclic) bond motifs is 1. The molecule has 2 N–H and O–H groups in total. The molecule has 1 aromatic carbocycles. The molecule has 8 nitrogen and oxygen atoms in total. The van der Waals surface area contributed by atoms with Crippen LogP contribution in [0.5, 0.6) is 0 Å². The molecule has 4 amide bonds. The van der Waals surface area contributed by atoms with E-state index in [1.54, 1.807) is 12.1 Å². The quantitative estimate of drug-likeness (QED) is 0.657. The Balaban J connectivity index is 1.60. The standard InChI is InChI=1S/C20H24FN3O5S/c1-12(2)9-22-19(28)23-16(25)10-29-18(27)15-11-30-20(8-7-17(26)24(15)20)13-3-5-14(21)6-4-13/h3-6,12,15H,7-11H2,1-2H3,(H2,22,23,25,28)/t15-,20+/m0/s1. The third-order valence-electron chi connectivity index (χ3n) is 4.96. The molecule has 2 saturated heterocycles. The van der Waals surface area contributed by atoms with Gasteiger partial charge < -0.3 is 15.0 Å². The van der Waals surface area contributed by atoms with Crippen LogP contribution in [0.15, 0.2) is 24.3 Å². The number of imide groups is 1. The summed E-state index contributed by atoms with van der Waals surface area (Å²) in [6.07, 6.45) is 0.771. The molecule has 0 unspecified atom stereocenters. The monoisotopic (exact) mass is 437 g/mol. The van der Waals surface area contributed by atoms with Crippen LogP contribution in [0.4, 0.5) is 9.18 Å². The molecule has 2 atom stereocenters. The summed E-state index contributed by atoms with van der Waals surface area (Å²) in [5.41, 5.74) is 0.745. The number of thioether (sulfide) groups is 1. The van der Waals surface area contributed by atoms with Gasteiger partial charge in [-0.2, -0.15) is 0 Å². The van der Waals surface area contributed by atoms with E-state index >= 15 is 0 Å². The predicted octanol–water partition coefficient (Wildman–Crippen LogP) is 1.74. The second-order valence-electron chi connectivity index (χ2n) is 7.64. The van der Waals surface area contributed by atoms with E-state index < -0.39 is 35.4 Å². The lowest BCUT2D eigenvalue weighted by Gasteiger charge is -2.33. The van der Waals surface area contributed by atoms with E-state index in [1.165, 1.54) is 28.8 Å². The first-order chi connectivity index (χ1) is 14.2. The van der Waals surface area contributed by atoms with Gasteiger partial charge in [-0.3, -0.25) is 14.9 Å². The number of ether oxygens (including phenoxy) is 1. The van der Waals surface area contributed by atoms with Gasteiger partial charge in [0.05, 0.1) is 0 Å². The van der Waals surface area contributed by atoms with E-state index in [9.17, 15) is 23.6 Å². The Morgan fingerprint density at radius 1 is 1.30 bits per heavy atom. The van der Waals surface area contributed by atoms with Crippen molar-refractivity contribution in [1.82, 2.24) is 15.5 Å². The van der Waals surface area contributed by atoms with Crippen molar-refractivity contribution in [3.63, 3.8) is 0 Å². The van der Waals surface area contributed by atoms with Gasteiger partial charge >= 0.3 is 12.0 Å². The van der Waals surface area contributed by atoms with Crippen molar-refractivity contribution < 1.29 is 28.3 Å². The maximum atomic E-state index is 13.3. The minimum Gasteiger partial charge on any atom is -0.454 e. The van der Waals surface area contributed by atoms with Crippen molar-refractivity contribution in [2.75, 3.05) is 18.9 Å². The minimum atomic E-state index is -0.849. The molecule has 0 spiro atoms. The molecule has 2 heterocycles. The summed E-state index contributed by atoms with van der Waals surface area (Å²) in [4.78, 5) is 49.3. The molecule has 1 aromatic rings. The Labute approximate surface area is 177 Å². The van der Waals surface area contributed by atoms with Crippen LogP contribution < -0.4 is 10.6 Å². The lowest BCUT2D eigenvalue weighted by molar-refractivity contribution is -0.156. The lowest BCUT2D eigenvalue weighted by Crippen LogP contribution is -2.48. The molecule has 2 aliphatic rings. The number of esters is 1. The Kier molecular flexibility index (Phi) is 6.64. The summed E-state index contributed by atoms with van der Waals surface area (Å²) < 4.78 is 18.4. The molecule has 0 aliphatic carbocycles. The molecule has 0 aromatic heterocycles. The SMILES string of the molecule is CC(C)CNC(=O)NC(=O)COC(=O)[C@@H]1CS[C@@]2(c3ccc(F)cc3)CCC(=O)N12. The van der Waals surface area contributed by atoms with E-state index in [1.807, 2.05) is 13.8 Å². The second-order valence-corrected chi connectivity index (χ2v) is 8.94. The Morgan fingerprint density at radius 2 is 2.00 bits per heavy atom. The maximum Gasteiger partial charge on any atom is 0.330 e. The largest absolute Gasteiger partial charge is 0.454 e. The van der Waals surface area contributed by atoms with Gasteiger partial charge in [-0.05, 0) is 30.0 Å². The van der Waals surface area contributed by atoms with Crippen LogP contribution in [0.2, 0.25) is 0 Å². The summed E-state index contributed by atoms with van der Waals surface area (Å²) in [5.74, 6) is -1.51. The molecule has 30 heavy (non-hydrogen) atoms. The van der Waals surface area contributed by atoms with E-state index in [2.05, 4.69) is 10.6 Å². The molecule has 0 saturated carbocycles. The summed E-state index contributed by atoms with van der Waals surface area (Å²) in [5, 5.41) is 4.61. The van der Waals surface area contributed by atoms with Crippen LogP contribution in [0, 0.1) is 11.7 Å². The number of urea groups is 1. The summed E-state index contributed by atoms with van der Waals surface area (Å²) in [7, 11) is 0. The molecule has 10 heteroatoms. The summed E-state index contributed by atoms with van der Waals surface area (Å²) >= 11 is 1.43. The van der Waals surface area contributed by atoms with Gasteiger partial charge in [0, 0.05) is 18.7 Å². The molecule has 2 fully saturated rings. The third-order valence-corrected chi connectivity index (χ3v) is 6.56. The van der Waals surface area contributed by atoms with E-state index in [0.29, 0.717) is 18.7 Å². The number of halogens is 1. The van der Waals surface area contributed by atoms with Gasteiger partial charge in [0.2, 0.25) is 5.91 Å². The van der Waals surface area contributed by atoms with Crippen molar-refractivity contribution >= 4 is 35.6 Å². The zero-order chi connectivity index (χ0) is 21.9.